The molecule has 1 aliphatic rings. The minimum Gasteiger partial charge on any atom is -0.398 e. The fourth-order valence-corrected chi connectivity index (χ4v) is 2.98. The van der Waals surface area contributed by atoms with Gasteiger partial charge in [0.05, 0.1) is 11.2 Å². The Hall–Kier alpha value is -2.90. The van der Waals surface area contributed by atoms with E-state index < -0.39 is 11.9 Å². The van der Waals surface area contributed by atoms with E-state index in [9.17, 15) is 13.2 Å². The summed E-state index contributed by atoms with van der Waals surface area (Å²) in [7, 11) is 1.47. The van der Waals surface area contributed by atoms with Gasteiger partial charge in [0.2, 0.25) is 0 Å². The van der Waals surface area contributed by atoms with Crippen LogP contribution in [0.4, 0.5) is 18.9 Å². The molecule has 0 aliphatic heterocycles. The second-order valence-corrected chi connectivity index (χ2v) is 6.20. The molecule has 0 saturated heterocycles. The summed E-state index contributed by atoms with van der Waals surface area (Å²) in [4.78, 5) is 4.34. The SMILES string of the molecule is CN/C=C(\C(=N)C(F)(F)F)c1cc(C2CC2)c2c(C=N)c(N)ccc2n1. The van der Waals surface area contributed by atoms with E-state index in [2.05, 4.69) is 10.3 Å². The van der Waals surface area contributed by atoms with Crippen molar-refractivity contribution in [3.63, 3.8) is 0 Å². The lowest BCUT2D eigenvalue weighted by Gasteiger charge is -2.16. The molecule has 1 aromatic carbocycles. The smallest absolute Gasteiger partial charge is 0.398 e. The second kappa shape index (κ2) is 6.44. The fraction of sp³-hybridized carbons (Fsp3) is 0.278. The van der Waals surface area contributed by atoms with Gasteiger partial charge < -0.3 is 16.5 Å². The molecule has 0 atom stereocenters. The van der Waals surface area contributed by atoms with Gasteiger partial charge in [-0.25, -0.2) is 4.98 Å². The van der Waals surface area contributed by atoms with Gasteiger partial charge in [-0.15, -0.1) is 0 Å². The maximum absolute atomic E-state index is 13.1. The van der Waals surface area contributed by atoms with E-state index in [0.29, 0.717) is 22.2 Å². The van der Waals surface area contributed by atoms with Crippen molar-refractivity contribution in [3.8, 4) is 0 Å². The van der Waals surface area contributed by atoms with Crippen LogP contribution in [0.5, 0.6) is 0 Å². The van der Waals surface area contributed by atoms with Crippen molar-refractivity contribution in [1.29, 1.82) is 10.8 Å². The monoisotopic (exact) mass is 361 g/mol. The summed E-state index contributed by atoms with van der Waals surface area (Å²) in [5.74, 6) is 0.204. The molecule has 0 bridgehead atoms. The molecule has 5 N–H and O–H groups in total. The highest BCUT2D eigenvalue weighted by Crippen LogP contribution is 2.45. The normalized spacial score (nSPS) is 15.2. The van der Waals surface area contributed by atoms with Crippen LogP contribution in [0.15, 0.2) is 24.4 Å². The number of rotatable bonds is 5. The molecule has 3 rings (SSSR count). The highest BCUT2D eigenvalue weighted by atomic mass is 19.4. The predicted molar refractivity (Wildman–Crippen MR) is 96.8 cm³/mol. The topological polar surface area (TPSA) is 98.6 Å². The predicted octanol–water partition coefficient (Wildman–Crippen LogP) is 3.83. The largest absolute Gasteiger partial charge is 0.433 e. The molecule has 0 radical (unpaired) electrons. The Kier molecular flexibility index (Phi) is 4.43. The lowest BCUT2D eigenvalue weighted by Crippen LogP contribution is -2.24. The van der Waals surface area contributed by atoms with Crippen LogP contribution in [0.25, 0.3) is 16.5 Å². The summed E-state index contributed by atoms with van der Waals surface area (Å²) in [5.41, 5.74) is 6.50. The molecule has 1 aromatic heterocycles. The van der Waals surface area contributed by atoms with Crippen molar-refractivity contribution in [1.82, 2.24) is 10.3 Å². The van der Waals surface area contributed by atoms with Crippen LogP contribution >= 0.6 is 0 Å². The number of nitrogens with two attached hydrogens (primary N) is 1. The molecule has 2 aromatic rings. The lowest BCUT2D eigenvalue weighted by atomic mass is 9.95. The summed E-state index contributed by atoms with van der Waals surface area (Å²) in [6.07, 6.45) is -0.651. The quantitative estimate of drug-likeness (QED) is 0.481. The molecular formula is C18H18F3N5. The summed E-state index contributed by atoms with van der Waals surface area (Å²) in [5, 5.41) is 18.4. The van der Waals surface area contributed by atoms with E-state index in [-0.39, 0.29) is 17.2 Å². The Bertz CT molecular complexity index is 927. The lowest BCUT2D eigenvalue weighted by molar-refractivity contribution is -0.0578. The number of benzene rings is 1. The highest BCUT2D eigenvalue weighted by Gasteiger charge is 2.38. The summed E-state index contributed by atoms with van der Waals surface area (Å²) < 4.78 is 39.3. The highest BCUT2D eigenvalue weighted by molar-refractivity contribution is 6.24. The Balaban J connectivity index is 2.28. The van der Waals surface area contributed by atoms with Crippen LogP contribution in [0, 0.1) is 10.8 Å². The molecule has 1 fully saturated rings. The van der Waals surface area contributed by atoms with Gasteiger partial charge in [0.15, 0.2) is 0 Å². The third-order valence-electron chi connectivity index (χ3n) is 4.36. The number of aromatic nitrogens is 1. The zero-order chi connectivity index (χ0) is 19.1. The molecule has 1 heterocycles. The van der Waals surface area contributed by atoms with E-state index in [1.54, 1.807) is 18.2 Å². The van der Waals surface area contributed by atoms with E-state index in [4.69, 9.17) is 16.6 Å². The number of anilines is 1. The van der Waals surface area contributed by atoms with E-state index >= 15 is 0 Å². The Morgan fingerprint density at radius 2 is 2.04 bits per heavy atom. The van der Waals surface area contributed by atoms with Crippen LogP contribution in [0.3, 0.4) is 0 Å². The number of nitrogen functional groups attached to an aromatic ring is 1. The number of fused-ring (bicyclic) bond motifs is 1. The van der Waals surface area contributed by atoms with Crippen LogP contribution in [-0.4, -0.2) is 30.1 Å². The molecule has 1 saturated carbocycles. The zero-order valence-corrected chi connectivity index (χ0v) is 14.0. The van der Waals surface area contributed by atoms with E-state index in [1.165, 1.54) is 7.05 Å². The standard InChI is InChI=1S/C18H18F3N5/c1-25-8-12(17(24)18(19,20)21)15-6-10(9-2-3-9)16-11(7-22)13(23)4-5-14(16)26-15/h4-9,22,24-25H,2-3,23H2,1H3/b12-8-,22-7?,24-17?. The number of alkyl halides is 3. The molecule has 0 amide bonds. The Labute approximate surface area is 148 Å². The van der Waals surface area contributed by atoms with Crippen molar-refractivity contribution in [3.05, 3.63) is 41.2 Å². The number of hydrogen-bond donors (Lipinski definition) is 4. The Morgan fingerprint density at radius 1 is 1.35 bits per heavy atom. The van der Waals surface area contributed by atoms with Crippen LogP contribution < -0.4 is 11.1 Å². The molecule has 1 aliphatic carbocycles. The number of hydrogen-bond acceptors (Lipinski definition) is 5. The number of nitrogens with one attached hydrogen (secondary N) is 3. The fourth-order valence-electron chi connectivity index (χ4n) is 2.98. The maximum Gasteiger partial charge on any atom is 0.433 e. The van der Waals surface area contributed by atoms with Gasteiger partial charge in [0.25, 0.3) is 0 Å². The van der Waals surface area contributed by atoms with Gasteiger partial charge in [0.1, 0.15) is 5.71 Å². The van der Waals surface area contributed by atoms with Gasteiger partial charge in [-0.1, -0.05) is 0 Å². The number of pyridine rings is 1. The molecular weight excluding hydrogens is 343 g/mol. The molecule has 0 spiro atoms. The summed E-state index contributed by atoms with van der Waals surface area (Å²) in [6, 6.07) is 4.82. The molecule has 8 heteroatoms. The molecule has 136 valence electrons. The molecule has 0 unspecified atom stereocenters. The third kappa shape index (κ3) is 3.14. The number of allylic oxidation sites excluding steroid dienone is 1. The average Bonchev–Trinajstić information content (AvgIpc) is 3.42. The van der Waals surface area contributed by atoms with Crippen molar-refractivity contribution in [2.75, 3.05) is 12.8 Å². The van der Waals surface area contributed by atoms with Crippen LogP contribution in [0.1, 0.15) is 35.6 Å². The zero-order valence-electron chi connectivity index (χ0n) is 14.0. The van der Waals surface area contributed by atoms with Crippen molar-refractivity contribution in [2.24, 2.45) is 0 Å². The number of halogens is 3. The third-order valence-corrected chi connectivity index (χ3v) is 4.36. The van der Waals surface area contributed by atoms with Crippen LogP contribution in [-0.2, 0) is 0 Å². The van der Waals surface area contributed by atoms with Gasteiger partial charge in [-0.05, 0) is 42.5 Å². The van der Waals surface area contributed by atoms with Gasteiger partial charge in [0, 0.05) is 41.7 Å². The number of nitrogens with zero attached hydrogens (tertiary/aromatic N) is 1. The first-order valence-corrected chi connectivity index (χ1v) is 8.05. The van der Waals surface area contributed by atoms with Crippen molar-refractivity contribution in [2.45, 2.75) is 24.9 Å². The first-order chi connectivity index (χ1) is 12.3. The van der Waals surface area contributed by atoms with Gasteiger partial charge in [-0.3, -0.25) is 5.41 Å². The molecule has 26 heavy (non-hydrogen) atoms. The first-order valence-electron chi connectivity index (χ1n) is 8.05. The van der Waals surface area contributed by atoms with Crippen molar-refractivity contribution >= 4 is 34.1 Å². The summed E-state index contributed by atoms with van der Waals surface area (Å²) >= 11 is 0. The van der Waals surface area contributed by atoms with Crippen molar-refractivity contribution < 1.29 is 13.2 Å². The van der Waals surface area contributed by atoms with Gasteiger partial charge in [-0.2, -0.15) is 13.2 Å². The maximum atomic E-state index is 13.1. The second-order valence-electron chi connectivity index (χ2n) is 6.20. The Morgan fingerprint density at radius 3 is 2.58 bits per heavy atom. The van der Waals surface area contributed by atoms with Crippen LogP contribution in [0.2, 0.25) is 0 Å². The summed E-state index contributed by atoms with van der Waals surface area (Å²) in [6.45, 7) is 0. The van der Waals surface area contributed by atoms with Gasteiger partial charge >= 0.3 is 6.18 Å². The minimum atomic E-state index is -4.78. The van der Waals surface area contributed by atoms with E-state index in [1.807, 2.05) is 0 Å². The average molecular weight is 361 g/mol. The first kappa shape index (κ1) is 17.9. The minimum absolute atomic E-state index is 0.0803. The van der Waals surface area contributed by atoms with E-state index in [0.717, 1.165) is 30.8 Å². The molecule has 5 nitrogen and oxygen atoms in total.